The van der Waals surface area contributed by atoms with Crippen LogP contribution in [0.25, 0.3) is 11.1 Å². The van der Waals surface area contributed by atoms with Crippen LogP contribution < -0.4 is 5.32 Å². The highest BCUT2D eigenvalue weighted by molar-refractivity contribution is 5.83. The summed E-state index contributed by atoms with van der Waals surface area (Å²) in [5, 5.41) is 3.30. The molecule has 3 heterocycles. The molecular formula is C27H37N3O2. The van der Waals surface area contributed by atoms with Crippen LogP contribution in [0, 0.1) is 17.3 Å². The molecular weight excluding hydrogens is 398 g/mol. The zero-order chi connectivity index (χ0) is 22.4. The SMILES string of the molecule is C[C@@H]1C[C@H](C)CN(CCNC(=O)C2(Cc3ccccc3-c3ccncc3)CCOCC2)C1. The molecule has 2 aliphatic heterocycles. The average molecular weight is 436 g/mol. The number of hydrogen-bond donors (Lipinski definition) is 1. The Morgan fingerprint density at radius 3 is 2.50 bits per heavy atom. The van der Waals surface area contributed by atoms with E-state index in [9.17, 15) is 4.79 Å². The van der Waals surface area contributed by atoms with Gasteiger partial charge >= 0.3 is 0 Å². The van der Waals surface area contributed by atoms with E-state index >= 15 is 0 Å². The van der Waals surface area contributed by atoms with Gasteiger partial charge in [-0.2, -0.15) is 0 Å². The third-order valence-corrected chi connectivity index (χ3v) is 7.13. The Hall–Kier alpha value is -2.24. The summed E-state index contributed by atoms with van der Waals surface area (Å²) in [6.07, 6.45) is 7.22. The average Bonchev–Trinajstić information content (AvgIpc) is 2.80. The van der Waals surface area contributed by atoms with Crippen molar-refractivity contribution in [2.75, 3.05) is 39.4 Å². The molecule has 5 heteroatoms. The van der Waals surface area contributed by atoms with E-state index in [1.165, 1.54) is 17.5 Å². The lowest BCUT2D eigenvalue weighted by Crippen LogP contribution is -2.49. The van der Waals surface area contributed by atoms with Crippen LogP contribution in [0.4, 0.5) is 0 Å². The number of nitrogens with one attached hydrogen (secondary N) is 1. The number of hydrogen-bond acceptors (Lipinski definition) is 4. The number of benzene rings is 1. The summed E-state index contributed by atoms with van der Waals surface area (Å²) in [6, 6.07) is 12.5. The topological polar surface area (TPSA) is 54.5 Å². The predicted molar refractivity (Wildman–Crippen MR) is 128 cm³/mol. The maximum atomic E-state index is 13.5. The summed E-state index contributed by atoms with van der Waals surface area (Å²) >= 11 is 0. The second-order valence-corrected chi connectivity index (χ2v) is 9.92. The van der Waals surface area contributed by atoms with Crippen molar-refractivity contribution >= 4 is 5.91 Å². The number of rotatable bonds is 7. The largest absolute Gasteiger partial charge is 0.381 e. The summed E-state index contributed by atoms with van der Waals surface area (Å²) in [5.41, 5.74) is 3.13. The Morgan fingerprint density at radius 1 is 1.09 bits per heavy atom. The number of piperidine rings is 1. The Bertz CT molecular complexity index is 869. The first-order valence-electron chi connectivity index (χ1n) is 12.1. The highest BCUT2D eigenvalue weighted by atomic mass is 16.5. The van der Waals surface area contributed by atoms with Crippen molar-refractivity contribution in [2.24, 2.45) is 17.3 Å². The lowest BCUT2D eigenvalue weighted by atomic mass is 9.73. The van der Waals surface area contributed by atoms with Gasteiger partial charge in [0.15, 0.2) is 0 Å². The molecule has 1 amide bonds. The molecule has 0 saturated carbocycles. The molecule has 2 saturated heterocycles. The van der Waals surface area contributed by atoms with Crippen LogP contribution in [0.5, 0.6) is 0 Å². The van der Waals surface area contributed by atoms with Gasteiger partial charge in [-0.1, -0.05) is 38.1 Å². The Morgan fingerprint density at radius 2 is 1.78 bits per heavy atom. The molecule has 2 atom stereocenters. The van der Waals surface area contributed by atoms with Crippen molar-refractivity contribution in [3.8, 4) is 11.1 Å². The van der Waals surface area contributed by atoms with Crippen LogP contribution in [0.1, 0.15) is 38.7 Å². The Kier molecular flexibility index (Phi) is 7.59. The number of pyridine rings is 1. The normalized spacial score (nSPS) is 23.6. The number of aromatic nitrogens is 1. The molecule has 0 aliphatic carbocycles. The van der Waals surface area contributed by atoms with Crippen molar-refractivity contribution in [1.29, 1.82) is 0 Å². The first-order valence-corrected chi connectivity index (χ1v) is 12.1. The lowest BCUT2D eigenvalue weighted by molar-refractivity contribution is -0.136. The smallest absolute Gasteiger partial charge is 0.226 e. The van der Waals surface area contributed by atoms with E-state index in [1.54, 1.807) is 0 Å². The monoisotopic (exact) mass is 435 g/mol. The van der Waals surface area contributed by atoms with E-state index in [1.807, 2.05) is 24.5 Å². The molecule has 1 N–H and O–H groups in total. The minimum absolute atomic E-state index is 0.184. The quantitative estimate of drug-likeness (QED) is 0.709. The highest BCUT2D eigenvalue weighted by Crippen LogP contribution is 2.37. The van der Waals surface area contributed by atoms with Gasteiger partial charge in [0, 0.05) is 51.8 Å². The molecule has 0 radical (unpaired) electrons. The van der Waals surface area contributed by atoms with E-state index in [4.69, 9.17) is 4.74 Å². The van der Waals surface area contributed by atoms with E-state index in [-0.39, 0.29) is 5.91 Å². The van der Waals surface area contributed by atoms with E-state index in [0.717, 1.165) is 56.3 Å². The second kappa shape index (κ2) is 10.6. The molecule has 0 bridgehead atoms. The summed E-state index contributed by atoms with van der Waals surface area (Å²) in [7, 11) is 0. The number of ether oxygens (including phenoxy) is 1. The van der Waals surface area contributed by atoms with Gasteiger partial charge in [-0.3, -0.25) is 9.78 Å². The van der Waals surface area contributed by atoms with Crippen LogP contribution in [0.2, 0.25) is 0 Å². The molecule has 1 aromatic heterocycles. The molecule has 0 unspecified atom stereocenters. The standard InChI is InChI=1S/C27H37N3O2/c1-21-17-22(2)20-30(19-21)14-13-29-26(31)27(9-15-32-16-10-27)18-24-5-3-4-6-25(24)23-7-11-28-12-8-23/h3-8,11-12,21-22H,9-10,13-20H2,1-2H3,(H,29,31)/t21-,22+. The van der Waals surface area contributed by atoms with Gasteiger partial charge in [0.2, 0.25) is 5.91 Å². The minimum Gasteiger partial charge on any atom is -0.381 e. The van der Waals surface area contributed by atoms with E-state index in [2.05, 4.69) is 53.3 Å². The third kappa shape index (κ3) is 5.57. The zero-order valence-corrected chi connectivity index (χ0v) is 19.6. The van der Waals surface area contributed by atoms with Gasteiger partial charge in [0.05, 0.1) is 5.41 Å². The van der Waals surface area contributed by atoms with Gasteiger partial charge in [-0.15, -0.1) is 0 Å². The predicted octanol–water partition coefficient (Wildman–Crippen LogP) is 4.18. The van der Waals surface area contributed by atoms with E-state index < -0.39 is 5.41 Å². The maximum absolute atomic E-state index is 13.5. The van der Waals surface area contributed by atoms with Crippen molar-refractivity contribution in [3.63, 3.8) is 0 Å². The molecule has 4 rings (SSSR count). The van der Waals surface area contributed by atoms with Crippen molar-refractivity contribution in [2.45, 2.75) is 39.5 Å². The highest BCUT2D eigenvalue weighted by Gasteiger charge is 2.40. The number of nitrogens with zero attached hydrogens (tertiary/aromatic N) is 2. The zero-order valence-electron chi connectivity index (χ0n) is 19.6. The van der Waals surface area contributed by atoms with Crippen LogP contribution in [0.3, 0.4) is 0 Å². The summed E-state index contributed by atoms with van der Waals surface area (Å²) < 4.78 is 5.65. The van der Waals surface area contributed by atoms with Gasteiger partial charge < -0.3 is 15.0 Å². The Balaban J connectivity index is 1.45. The van der Waals surface area contributed by atoms with Gasteiger partial charge in [0.1, 0.15) is 0 Å². The summed E-state index contributed by atoms with van der Waals surface area (Å²) in [6.45, 7) is 9.87. The van der Waals surface area contributed by atoms with Gasteiger partial charge in [-0.05, 0) is 66.3 Å². The Labute approximate surface area is 192 Å². The van der Waals surface area contributed by atoms with Crippen molar-refractivity contribution < 1.29 is 9.53 Å². The molecule has 2 aromatic rings. The van der Waals surface area contributed by atoms with Gasteiger partial charge in [-0.25, -0.2) is 0 Å². The van der Waals surface area contributed by atoms with Gasteiger partial charge in [0.25, 0.3) is 0 Å². The van der Waals surface area contributed by atoms with Crippen LogP contribution in [-0.2, 0) is 16.0 Å². The molecule has 2 aliphatic rings. The van der Waals surface area contributed by atoms with Crippen LogP contribution >= 0.6 is 0 Å². The number of carbonyl (C=O) groups is 1. The molecule has 1 aromatic carbocycles. The van der Waals surface area contributed by atoms with Crippen molar-refractivity contribution in [3.05, 3.63) is 54.4 Å². The molecule has 5 nitrogen and oxygen atoms in total. The van der Waals surface area contributed by atoms with Crippen LogP contribution in [0.15, 0.2) is 48.8 Å². The fourth-order valence-corrected chi connectivity index (χ4v) is 5.59. The molecule has 0 spiro atoms. The second-order valence-electron chi connectivity index (χ2n) is 9.92. The van der Waals surface area contributed by atoms with Crippen molar-refractivity contribution in [1.82, 2.24) is 15.2 Å². The summed E-state index contributed by atoms with van der Waals surface area (Å²) in [4.78, 5) is 20.2. The third-order valence-electron chi connectivity index (χ3n) is 7.13. The number of likely N-dealkylation sites (tertiary alicyclic amines) is 1. The van der Waals surface area contributed by atoms with Crippen LogP contribution in [-0.4, -0.2) is 55.2 Å². The van der Waals surface area contributed by atoms with E-state index in [0.29, 0.717) is 19.8 Å². The lowest BCUT2D eigenvalue weighted by Gasteiger charge is -2.37. The fraction of sp³-hybridized carbons (Fsp3) is 0.556. The number of amides is 1. The molecule has 172 valence electrons. The molecule has 32 heavy (non-hydrogen) atoms. The fourth-order valence-electron chi connectivity index (χ4n) is 5.59. The number of carbonyl (C=O) groups excluding carboxylic acids is 1. The minimum atomic E-state index is -0.413. The first kappa shape index (κ1) is 22.9. The maximum Gasteiger partial charge on any atom is 0.226 e. The summed E-state index contributed by atoms with van der Waals surface area (Å²) in [5.74, 6) is 1.66. The first-order chi connectivity index (χ1) is 15.6. The molecule has 2 fully saturated rings.